The molecule has 0 aromatic heterocycles. The van der Waals surface area contributed by atoms with E-state index in [2.05, 4.69) is 10.6 Å². The maximum atomic E-state index is 13.6. The Hall–Kier alpha value is -4.12. The highest BCUT2D eigenvalue weighted by molar-refractivity contribution is 7.92. The first kappa shape index (κ1) is 27.5. The number of amides is 2. The summed E-state index contributed by atoms with van der Waals surface area (Å²) in [7, 11) is -0.793. The summed E-state index contributed by atoms with van der Waals surface area (Å²) in [6.07, 6.45) is 1.45. The molecule has 0 aliphatic heterocycles. The summed E-state index contributed by atoms with van der Waals surface area (Å²) in [5.41, 5.74) is 1.36. The quantitative estimate of drug-likeness (QED) is 0.394. The summed E-state index contributed by atoms with van der Waals surface area (Å²) in [6, 6.07) is 16.8. The predicted octanol–water partition coefficient (Wildman–Crippen LogP) is 3.22. The number of methoxy groups -OCH3 is 2. The zero-order chi connectivity index (χ0) is 27.0. The number of rotatable bonds is 11. The molecule has 9 nitrogen and oxygen atoms in total. The second-order valence-electron chi connectivity index (χ2n) is 8.04. The monoisotopic (exact) mass is 529 g/mol. The largest absolute Gasteiger partial charge is 0.493 e. The maximum absolute atomic E-state index is 13.6. The number of nitrogens with one attached hydrogen (secondary N) is 2. The van der Waals surface area contributed by atoms with Gasteiger partial charge in [-0.15, -0.1) is 0 Å². The average Bonchev–Trinajstić information content (AvgIpc) is 2.86. The van der Waals surface area contributed by atoms with Gasteiger partial charge in [0, 0.05) is 6.54 Å². The molecule has 0 atom stereocenters. The Bertz CT molecular complexity index is 1380. The first-order valence-electron chi connectivity index (χ1n) is 11.2. The van der Waals surface area contributed by atoms with Gasteiger partial charge in [-0.25, -0.2) is 12.8 Å². The van der Waals surface area contributed by atoms with Gasteiger partial charge < -0.3 is 20.1 Å². The molecule has 0 saturated heterocycles. The van der Waals surface area contributed by atoms with E-state index in [1.807, 2.05) is 12.1 Å². The van der Waals surface area contributed by atoms with Crippen molar-refractivity contribution in [3.63, 3.8) is 0 Å². The van der Waals surface area contributed by atoms with Crippen LogP contribution >= 0.6 is 0 Å². The van der Waals surface area contributed by atoms with Crippen molar-refractivity contribution in [2.75, 3.05) is 43.2 Å². The number of sulfonamides is 1. The lowest BCUT2D eigenvalue weighted by atomic mass is 10.1. The van der Waals surface area contributed by atoms with Gasteiger partial charge in [0.05, 0.1) is 37.4 Å². The summed E-state index contributed by atoms with van der Waals surface area (Å²) >= 11 is 0. The van der Waals surface area contributed by atoms with Crippen LogP contribution < -0.4 is 24.4 Å². The van der Waals surface area contributed by atoms with Crippen LogP contribution in [0.2, 0.25) is 0 Å². The third-order valence-corrected chi connectivity index (χ3v) is 6.52. The number of halogens is 1. The summed E-state index contributed by atoms with van der Waals surface area (Å²) in [5, 5.41) is 5.40. The minimum atomic E-state index is -3.89. The fraction of sp³-hybridized carbons (Fsp3) is 0.231. The zero-order valence-electron chi connectivity index (χ0n) is 20.7. The van der Waals surface area contributed by atoms with Gasteiger partial charge in [-0.2, -0.15) is 0 Å². The molecule has 2 amide bonds. The van der Waals surface area contributed by atoms with E-state index in [1.54, 1.807) is 38.5 Å². The lowest BCUT2D eigenvalue weighted by molar-refractivity contribution is -0.114. The molecule has 0 bridgehead atoms. The van der Waals surface area contributed by atoms with Crippen molar-refractivity contribution in [1.29, 1.82) is 0 Å². The molecule has 0 heterocycles. The van der Waals surface area contributed by atoms with Gasteiger partial charge in [0.15, 0.2) is 11.5 Å². The lowest BCUT2D eigenvalue weighted by Gasteiger charge is -2.22. The predicted molar refractivity (Wildman–Crippen MR) is 139 cm³/mol. The van der Waals surface area contributed by atoms with Crippen LogP contribution in [0, 0.1) is 5.82 Å². The Morgan fingerprint density at radius 3 is 2.35 bits per heavy atom. The van der Waals surface area contributed by atoms with E-state index in [9.17, 15) is 22.4 Å². The van der Waals surface area contributed by atoms with Crippen LogP contribution in [-0.4, -0.2) is 53.8 Å². The molecule has 11 heteroatoms. The number of carbonyl (C=O) groups excluding carboxylic acids is 2. The molecule has 3 rings (SSSR count). The van der Waals surface area contributed by atoms with Crippen LogP contribution in [0.25, 0.3) is 0 Å². The van der Waals surface area contributed by atoms with Gasteiger partial charge in [-0.05, 0) is 54.4 Å². The third-order valence-electron chi connectivity index (χ3n) is 5.38. The van der Waals surface area contributed by atoms with E-state index in [4.69, 9.17) is 9.47 Å². The van der Waals surface area contributed by atoms with Crippen LogP contribution in [0.15, 0.2) is 66.7 Å². The second-order valence-corrected chi connectivity index (χ2v) is 9.95. The third kappa shape index (κ3) is 7.43. The van der Waals surface area contributed by atoms with E-state index in [1.165, 1.54) is 24.3 Å². The number of benzene rings is 3. The zero-order valence-corrected chi connectivity index (χ0v) is 21.5. The number of ether oxygens (including phenoxy) is 2. The Kier molecular flexibility index (Phi) is 9.07. The first-order valence-corrected chi connectivity index (χ1v) is 13.1. The minimum Gasteiger partial charge on any atom is -0.493 e. The highest BCUT2D eigenvalue weighted by atomic mass is 32.2. The molecule has 0 radical (unpaired) electrons. The van der Waals surface area contributed by atoms with Gasteiger partial charge in [-0.3, -0.25) is 13.9 Å². The highest BCUT2D eigenvalue weighted by Gasteiger charge is 2.22. The SMILES string of the molecule is COc1ccc(CCNC(=O)c2ccccc2NC(=O)CN(c2cccc(F)c2)S(C)(=O)=O)cc1OC. The molecule has 3 aromatic rings. The molecule has 2 N–H and O–H groups in total. The van der Waals surface area contributed by atoms with Crippen LogP contribution in [0.5, 0.6) is 11.5 Å². The van der Waals surface area contributed by atoms with Crippen molar-refractivity contribution in [2.24, 2.45) is 0 Å². The Morgan fingerprint density at radius 1 is 0.946 bits per heavy atom. The Labute approximate surface area is 215 Å². The number of hydrogen-bond donors (Lipinski definition) is 2. The molecular formula is C26H28FN3O6S. The van der Waals surface area contributed by atoms with Gasteiger partial charge in [0.1, 0.15) is 12.4 Å². The van der Waals surface area contributed by atoms with Crippen molar-refractivity contribution in [3.05, 3.63) is 83.7 Å². The molecule has 0 spiro atoms. The van der Waals surface area contributed by atoms with Crippen molar-refractivity contribution < 1.29 is 31.9 Å². The fourth-order valence-corrected chi connectivity index (χ4v) is 4.44. The van der Waals surface area contributed by atoms with Gasteiger partial charge in [0.25, 0.3) is 5.91 Å². The van der Waals surface area contributed by atoms with E-state index in [0.29, 0.717) is 24.5 Å². The number of anilines is 2. The van der Waals surface area contributed by atoms with Gasteiger partial charge in [0.2, 0.25) is 15.9 Å². The van der Waals surface area contributed by atoms with E-state index in [0.717, 1.165) is 22.2 Å². The van der Waals surface area contributed by atoms with Gasteiger partial charge >= 0.3 is 0 Å². The van der Waals surface area contributed by atoms with E-state index >= 15 is 0 Å². The molecule has 37 heavy (non-hydrogen) atoms. The van der Waals surface area contributed by atoms with Crippen LogP contribution in [0.1, 0.15) is 15.9 Å². The highest BCUT2D eigenvalue weighted by Crippen LogP contribution is 2.27. The van der Waals surface area contributed by atoms with E-state index < -0.39 is 34.2 Å². The lowest BCUT2D eigenvalue weighted by Crippen LogP contribution is -2.38. The number of para-hydroxylation sites is 1. The molecule has 0 aliphatic carbocycles. The Morgan fingerprint density at radius 2 is 1.68 bits per heavy atom. The smallest absolute Gasteiger partial charge is 0.253 e. The molecule has 0 saturated carbocycles. The van der Waals surface area contributed by atoms with Gasteiger partial charge in [-0.1, -0.05) is 24.3 Å². The minimum absolute atomic E-state index is 0.0128. The topological polar surface area (TPSA) is 114 Å². The van der Waals surface area contributed by atoms with Crippen LogP contribution in [-0.2, 0) is 21.2 Å². The standard InChI is InChI=1S/C26H28FN3O6S/c1-35-23-12-11-18(15-24(23)36-2)13-14-28-26(32)21-9-4-5-10-22(21)29-25(31)17-30(37(3,33)34)20-8-6-7-19(27)16-20/h4-12,15-16H,13-14,17H2,1-3H3,(H,28,32)(H,29,31). The summed E-state index contributed by atoms with van der Waals surface area (Å²) in [5.74, 6) is -0.559. The number of carbonyl (C=O) groups is 2. The molecule has 0 unspecified atom stereocenters. The fourth-order valence-electron chi connectivity index (χ4n) is 3.59. The molecular weight excluding hydrogens is 501 g/mol. The first-order chi connectivity index (χ1) is 17.6. The molecule has 0 aliphatic rings. The number of nitrogens with zero attached hydrogens (tertiary/aromatic N) is 1. The van der Waals surface area contributed by atoms with Crippen LogP contribution in [0.3, 0.4) is 0 Å². The number of hydrogen-bond acceptors (Lipinski definition) is 6. The van der Waals surface area contributed by atoms with Crippen molar-refractivity contribution in [3.8, 4) is 11.5 Å². The summed E-state index contributed by atoms with van der Waals surface area (Å²) < 4.78 is 49.5. The molecule has 3 aromatic carbocycles. The van der Waals surface area contributed by atoms with Crippen LogP contribution in [0.4, 0.5) is 15.8 Å². The van der Waals surface area contributed by atoms with Crippen molar-refractivity contribution >= 4 is 33.2 Å². The maximum Gasteiger partial charge on any atom is 0.253 e. The normalized spacial score (nSPS) is 10.9. The summed E-state index contributed by atoms with van der Waals surface area (Å²) in [4.78, 5) is 25.6. The summed E-state index contributed by atoms with van der Waals surface area (Å²) in [6.45, 7) is -0.282. The Balaban J connectivity index is 1.67. The van der Waals surface area contributed by atoms with E-state index in [-0.39, 0.29) is 16.9 Å². The molecule has 0 fully saturated rings. The van der Waals surface area contributed by atoms with Crippen molar-refractivity contribution in [2.45, 2.75) is 6.42 Å². The molecule has 196 valence electrons. The van der Waals surface area contributed by atoms with Crippen molar-refractivity contribution in [1.82, 2.24) is 5.32 Å². The average molecular weight is 530 g/mol. The second kappa shape index (κ2) is 12.2.